The van der Waals surface area contributed by atoms with Crippen molar-refractivity contribution in [3.05, 3.63) is 58.9 Å². The molecular weight excluding hydrogens is 461 g/mol. The maximum absolute atomic E-state index is 14.8. The van der Waals surface area contributed by atoms with Crippen LogP contribution in [0, 0.1) is 12.7 Å². The van der Waals surface area contributed by atoms with E-state index in [-0.39, 0.29) is 41.9 Å². The number of halogens is 1. The third kappa shape index (κ3) is 6.40. The molecule has 1 fully saturated rings. The number of rotatable bonds is 10. The van der Waals surface area contributed by atoms with Gasteiger partial charge in [0.25, 0.3) is 0 Å². The summed E-state index contributed by atoms with van der Waals surface area (Å²) in [5.41, 5.74) is 0.856. The summed E-state index contributed by atoms with van der Waals surface area (Å²) in [5.74, 6) is -2.06. The number of hydrogen-bond acceptors (Lipinski definition) is 7. The van der Waals surface area contributed by atoms with Gasteiger partial charge in [0.05, 0.1) is 39.0 Å². The van der Waals surface area contributed by atoms with Gasteiger partial charge in [-0.1, -0.05) is 30.3 Å². The van der Waals surface area contributed by atoms with Crippen LogP contribution < -0.4 is 9.47 Å². The Hall–Kier alpha value is -3.37. The second-order valence-electron chi connectivity index (χ2n) is 8.37. The standard InChI is InChI=1S/C25H30FNO8/c1-15-9-20(21(24(29)32-3)23(22(15)26)35-16(2)12-28)34-14-18-10-19(11-27(18)25(30)31)33-13-17-7-5-4-6-8-17/h4-9,16,18-19,28H,10-14H2,1-3H3,(H,30,31)/t16-,18-,19+/m1/s1. The molecule has 0 aromatic heterocycles. The minimum atomic E-state index is -1.12. The molecule has 1 saturated heterocycles. The Morgan fingerprint density at radius 2 is 1.97 bits per heavy atom. The average Bonchev–Trinajstić information content (AvgIpc) is 3.28. The summed E-state index contributed by atoms with van der Waals surface area (Å²) < 4.78 is 36.9. The summed E-state index contributed by atoms with van der Waals surface area (Å²) in [6.07, 6.45) is -1.85. The molecule has 2 aromatic rings. The molecule has 3 atom stereocenters. The lowest BCUT2D eigenvalue weighted by molar-refractivity contribution is 0.0464. The van der Waals surface area contributed by atoms with E-state index in [2.05, 4.69) is 0 Å². The van der Waals surface area contributed by atoms with Crippen molar-refractivity contribution in [3.63, 3.8) is 0 Å². The predicted octanol–water partition coefficient (Wildman–Crippen LogP) is 3.40. The van der Waals surface area contributed by atoms with Gasteiger partial charge in [-0.05, 0) is 37.5 Å². The van der Waals surface area contributed by atoms with Crippen molar-refractivity contribution in [2.24, 2.45) is 0 Å². The van der Waals surface area contributed by atoms with Crippen LogP contribution in [0.1, 0.15) is 34.8 Å². The third-order valence-corrected chi connectivity index (χ3v) is 5.71. The van der Waals surface area contributed by atoms with E-state index in [1.165, 1.54) is 24.8 Å². The Labute approximate surface area is 203 Å². The van der Waals surface area contributed by atoms with Crippen LogP contribution in [0.3, 0.4) is 0 Å². The Balaban J connectivity index is 1.78. The zero-order valence-corrected chi connectivity index (χ0v) is 19.9. The molecule has 190 valence electrons. The molecule has 0 bridgehead atoms. The van der Waals surface area contributed by atoms with Crippen LogP contribution in [0.2, 0.25) is 0 Å². The monoisotopic (exact) mass is 491 g/mol. The van der Waals surface area contributed by atoms with Crippen molar-refractivity contribution < 1.29 is 43.1 Å². The minimum absolute atomic E-state index is 0.00474. The molecule has 35 heavy (non-hydrogen) atoms. The van der Waals surface area contributed by atoms with E-state index in [1.807, 2.05) is 30.3 Å². The number of esters is 1. The Bertz CT molecular complexity index is 1030. The summed E-state index contributed by atoms with van der Waals surface area (Å²) in [6, 6.07) is 10.3. The van der Waals surface area contributed by atoms with Gasteiger partial charge in [-0.15, -0.1) is 0 Å². The zero-order valence-electron chi connectivity index (χ0n) is 19.9. The average molecular weight is 492 g/mol. The second-order valence-corrected chi connectivity index (χ2v) is 8.37. The number of likely N-dealkylation sites (tertiary alicyclic amines) is 1. The first-order chi connectivity index (χ1) is 16.7. The van der Waals surface area contributed by atoms with Crippen molar-refractivity contribution in [2.75, 3.05) is 26.9 Å². The van der Waals surface area contributed by atoms with E-state index < -0.39 is 36.6 Å². The van der Waals surface area contributed by atoms with Crippen LogP contribution in [-0.4, -0.2) is 72.3 Å². The molecule has 0 aliphatic carbocycles. The van der Waals surface area contributed by atoms with Crippen molar-refractivity contribution in [1.82, 2.24) is 4.90 Å². The minimum Gasteiger partial charge on any atom is -0.490 e. The molecule has 9 nitrogen and oxygen atoms in total. The summed E-state index contributed by atoms with van der Waals surface area (Å²) in [6.45, 7) is 3.02. The zero-order chi connectivity index (χ0) is 25.5. The van der Waals surface area contributed by atoms with E-state index in [0.717, 1.165) is 12.7 Å². The molecule has 1 heterocycles. The largest absolute Gasteiger partial charge is 0.490 e. The summed E-state index contributed by atoms with van der Waals surface area (Å²) in [7, 11) is 1.14. The molecule has 1 amide bonds. The number of hydrogen-bond donors (Lipinski definition) is 2. The number of carboxylic acid groups (broad SMARTS) is 1. The molecule has 1 aliphatic heterocycles. The number of aliphatic hydroxyl groups excluding tert-OH is 1. The molecule has 0 saturated carbocycles. The maximum atomic E-state index is 14.8. The summed E-state index contributed by atoms with van der Waals surface area (Å²) >= 11 is 0. The molecular formula is C25H30FNO8. The lowest BCUT2D eigenvalue weighted by Gasteiger charge is -2.23. The van der Waals surface area contributed by atoms with E-state index in [4.69, 9.17) is 18.9 Å². The summed E-state index contributed by atoms with van der Waals surface area (Å²) in [4.78, 5) is 25.5. The van der Waals surface area contributed by atoms with Crippen LogP contribution >= 0.6 is 0 Å². The topological polar surface area (TPSA) is 115 Å². The van der Waals surface area contributed by atoms with Crippen LogP contribution in [0.15, 0.2) is 36.4 Å². The highest BCUT2D eigenvalue weighted by Gasteiger charge is 2.37. The number of aliphatic hydroxyl groups is 1. The van der Waals surface area contributed by atoms with E-state index in [1.54, 1.807) is 0 Å². The molecule has 0 unspecified atom stereocenters. The highest BCUT2D eigenvalue weighted by molar-refractivity contribution is 5.96. The molecule has 0 radical (unpaired) electrons. The van der Waals surface area contributed by atoms with Gasteiger partial charge in [-0.2, -0.15) is 0 Å². The lowest BCUT2D eigenvalue weighted by atomic mass is 10.1. The first-order valence-corrected chi connectivity index (χ1v) is 11.2. The van der Waals surface area contributed by atoms with Crippen LogP contribution in [0.5, 0.6) is 11.5 Å². The van der Waals surface area contributed by atoms with E-state index >= 15 is 0 Å². The van der Waals surface area contributed by atoms with Gasteiger partial charge in [0.15, 0.2) is 11.6 Å². The van der Waals surface area contributed by atoms with E-state index in [9.17, 15) is 24.2 Å². The number of carbonyl (C=O) groups is 2. The molecule has 0 spiro atoms. The molecule has 1 aliphatic rings. The van der Waals surface area contributed by atoms with Crippen LogP contribution in [0.4, 0.5) is 9.18 Å². The first-order valence-electron chi connectivity index (χ1n) is 11.2. The van der Waals surface area contributed by atoms with Gasteiger partial charge in [-0.3, -0.25) is 4.90 Å². The van der Waals surface area contributed by atoms with Crippen LogP contribution in [0.25, 0.3) is 0 Å². The van der Waals surface area contributed by atoms with Crippen molar-refractivity contribution in [1.29, 1.82) is 0 Å². The lowest BCUT2D eigenvalue weighted by Crippen LogP contribution is -2.38. The molecule has 10 heteroatoms. The highest BCUT2D eigenvalue weighted by atomic mass is 19.1. The fraction of sp³-hybridized carbons (Fsp3) is 0.440. The van der Waals surface area contributed by atoms with E-state index in [0.29, 0.717) is 13.0 Å². The van der Waals surface area contributed by atoms with Crippen molar-refractivity contribution in [2.45, 2.75) is 45.1 Å². The number of aryl methyl sites for hydroxylation is 1. The van der Waals surface area contributed by atoms with Gasteiger partial charge in [0, 0.05) is 0 Å². The first kappa shape index (κ1) is 26.2. The smallest absolute Gasteiger partial charge is 0.407 e. The van der Waals surface area contributed by atoms with Gasteiger partial charge in [-0.25, -0.2) is 14.0 Å². The fourth-order valence-electron chi connectivity index (χ4n) is 3.85. The number of amides is 1. The van der Waals surface area contributed by atoms with Gasteiger partial charge < -0.3 is 29.2 Å². The van der Waals surface area contributed by atoms with Crippen molar-refractivity contribution >= 4 is 12.1 Å². The normalized spacial score (nSPS) is 18.3. The number of methoxy groups -OCH3 is 1. The molecule has 3 rings (SSSR count). The SMILES string of the molecule is COC(=O)c1c(OC[C@H]2C[C@H](OCc3ccccc3)CN2C(=O)O)cc(C)c(F)c1O[C@H](C)CO. The molecule has 2 N–H and O–H groups in total. The second kappa shape index (κ2) is 11.9. The number of benzene rings is 2. The summed E-state index contributed by atoms with van der Waals surface area (Å²) in [5, 5.41) is 19.0. The molecule has 2 aromatic carbocycles. The van der Waals surface area contributed by atoms with Gasteiger partial charge in [0.1, 0.15) is 24.0 Å². The number of ether oxygens (including phenoxy) is 4. The maximum Gasteiger partial charge on any atom is 0.407 e. The number of carbonyl (C=O) groups excluding carboxylic acids is 1. The Morgan fingerprint density at radius 3 is 2.60 bits per heavy atom. The van der Waals surface area contributed by atoms with Gasteiger partial charge >= 0.3 is 12.1 Å². The van der Waals surface area contributed by atoms with Crippen molar-refractivity contribution in [3.8, 4) is 11.5 Å². The highest BCUT2D eigenvalue weighted by Crippen LogP contribution is 2.36. The predicted molar refractivity (Wildman–Crippen MR) is 123 cm³/mol. The number of nitrogens with zero attached hydrogens (tertiary/aromatic N) is 1. The third-order valence-electron chi connectivity index (χ3n) is 5.71. The van der Waals surface area contributed by atoms with Gasteiger partial charge in [0.2, 0.25) is 0 Å². The fourth-order valence-corrected chi connectivity index (χ4v) is 3.85. The van der Waals surface area contributed by atoms with Crippen LogP contribution in [-0.2, 0) is 16.1 Å². The Kier molecular flexibility index (Phi) is 8.89. The quantitative estimate of drug-likeness (QED) is 0.486. The Morgan fingerprint density at radius 1 is 1.26 bits per heavy atom.